The molecule has 5 nitrogen and oxygen atoms in total. The van der Waals surface area contributed by atoms with Gasteiger partial charge < -0.3 is 15.4 Å². The summed E-state index contributed by atoms with van der Waals surface area (Å²) >= 11 is 5.99. The van der Waals surface area contributed by atoms with E-state index in [1.54, 1.807) is 32.2 Å². The van der Waals surface area contributed by atoms with Crippen molar-refractivity contribution in [2.45, 2.75) is 13.3 Å². The number of hydrogen-bond donors (Lipinski definition) is 2. The van der Waals surface area contributed by atoms with Gasteiger partial charge in [0, 0.05) is 17.3 Å². The monoisotopic (exact) mass is 346 g/mol. The lowest BCUT2D eigenvalue weighted by Crippen LogP contribution is -2.36. The molecule has 2 rings (SSSR count). The second kappa shape index (κ2) is 8.36. The highest BCUT2D eigenvalue weighted by Crippen LogP contribution is 2.22. The predicted molar refractivity (Wildman–Crippen MR) is 94.5 cm³/mol. The molecule has 2 N–H and O–H groups in total. The molecule has 2 amide bonds. The van der Waals surface area contributed by atoms with Gasteiger partial charge in [-0.15, -0.1) is 0 Å². The molecule has 0 saturated carbocycles. The van der Waals surface area contributed by atoms with Crippen LogP contribution in [0.15, 0.2) is 42.5 Å². The first-order valence-corrected chi connectivity index (χ1v) is 7.87. The van der Waals surface area contributed by atoms with Crippen molar-refractivity contribution in [3.8, 4) is 5.75 Å². The number of methoxy groups -OCH3 is 1. The van der Waals surface area contributed by atoms with Crippen LogP contribution in [0, 0.1) is 6.92 Å². The Labute approximate surface area is 146 Å². The molecular formula is C18H19ClN2O3. The van der Waals surface area contributed by atoms with Crippen LogP contribution in [0.1, 0.15) is 11.1 Å². The number of benzene rings is 2. The standard InChI is InChI=1S/C18H19ClN2O3/c1-12-14(19)7-5-8-15(12)21-18(23)17(22)20-11-10-13-6-3-4-9-16(13)24-2/h3-9H,10-11H2,1-2H3,(H,20,22)(H,21,23). The van der Waals surface area contributed by atoms with E-state index in [9.17, 15) is 9.59 Å². The topological polar surface area (TPSA) is 67.4 Å². The average Bonchev–Trinajstić information content (AvgIpc) is 2.59. The van der Waals surface area contributed by atoms with Gasteiger partial charge in [-0.25, -0.2) is 0 Å². The molecule has 126 valence electrons. The van der Waals surface area contributed by atoms with Gasteiger partial charge in [0.1, 0.15) is 5.75 Å². The van der Waals surface area contributed by atoms with Crippen molar-refractivity contribution in [1.29, 1.82) is 0 Å². The van der Waals surface area contributed by atoms with Crippen LogP contribution in [0.5, 0.6) is 5.75 Å². The van der Waals surface area contributed by atoms with E-state index in [4.69, 9.17) is 16.3 Å². The molecular weight excluding hydrogens is 328 g/mol. The molecule has 0 aliphatic carbocycles. The second-order valence-corrected chi connectivity index (χ2v) is 5.59. The predicted octanol–water partition coefficient (Wildman–Crippen LogP) is 2.95. The summed E-state index contributed by atoms with van der Waals surface area (Å²) in [7, 11) is 1.60. The maximum absolute atomic E-state index is 12.0. The van der Waals surface area contributed by atoms with E-state index in [1.807, 2.05) is 24.3 Å². The third-order valence-electron chi connectivity index (χ3n) is 3.59. The Kier molecular flexibility index (Phi) is 6.21. The third-order valence-corrected chi connectivity index (χ3v) is 4.00. The van der Waals surface area contributed by atoms with E-state index in [0.29, 0.717) is 29.2 Å². The number of anilines is 1. The van der Waals surface area contributed by atoms with E-state index < -0.39 is 11.8 Å². The van der Waals surface area contributed by atoms with Gasteiger partial charge in [-0.3, -0.25) is 9.59 Å². The summed E-state index contributed by atoms with van der Waals surface area (Å²) in [6.07, 6.45) is 0.569. The van der Waals surface area contributed by atoms with Gasteiger partial charge in [-0.2, -0.15) is 0 Å². The molecule has 0 unspecified atom stereocenters. The molecule has 2 aromatic rings. The van der Waals surface area contributed by atoms with Gasteiger partial charge in [0.25, 0.3) is 0 Å². The van der Waals surface area contributed by atoms with Crippen molar-refractivity contribution in [3.05, 3.63) is 58.6 Å². The minimum atomic E-state index is -0.722. The summed E-state index contributed by atoms with van der Waals surface area (Å²) in [4.78, 5) is 23.9. The second-order valence-electron chi connectivity index (χ2n) is 5.18. The molecule has 0 atom stereocenters. The molecule has 0 spiro atoms. The van der Waals surface area contributed by atoms with Gasteiger partial charge in [0.05, 0.1) is 7.11 Å². The zero-order chi connectivity index (χ0) is 17.5. The van der Waals surface area contributed by atoms with E-state index >= 15 is 0 Å². The highest BCUT2D eigenvalue weighted by molar-refractivity contribution is 6.40. The zero-order valence-electron chi connectivity index (χ0n) is 13.6. The molecule has 0 aromatic heterocycles. The van der Waals surface area contributed by atoms with Gasteiger partial charge in [0.15, 0.2) is 0 Å². The number of nitrogens with one attached hydrogen (secondary N) is 2. The van der Waals surface area contributed by atoms with Crippen LogP contribution >= 0.6 is 11.6 Å². The minimum Gasteiger partial charge on any atom is -0.496 e. The molecule has 0 saturated heterocycles. The molecule has 0 bridgehead atoms. The molecule has 0 aliphatic rings. The Morgan fingerprint density at radius 2 is 1.83 bits per heavy atom. The largest absolute Gasteiger partial charge is 0.496 e. The van der Waals surface area contributed by atoms with E-state index in [-0.39, 0.29) is 0 Å². The number of para-hydroxylation sites is 1. The maximum atomic E-state index is 12.0. The van der Waals surface area contributed by atoms with Gasteiger partial charge in [-0.1, -0.05) is 35.9 Å². The third kappa shape index (κ3) is 4.49. The number of carbonyl (C=O) groups is 2. The summed E-state index contributed by atoms with van der Waals surface area (Å²) in [5.41, 5.74) is 2.20. The summed E-state index contributed by atoms with van der Waals surface area (Å²) in [6, 6.07) is 12.7. The highest BCUT2D eigenvalue weighted by atomic mass is 35.5. The maximum Gasteiger partial charge on any atom is 0.313 e. The number of hydrogen-bond acceptors (Lipinski definition) is 3. The number of rotatable bonds is 5. The van der Waals surface area contributed by atoms with Crippen LogP contribution < -0.4 is 15.4 Å². The Morgan fingerprint density at radius 1 is 1.08 bits per heavy atom. The van der Waals surface area contributed by atoms with Gasteiger partial charge in [0.2, 0.25) is 0 Å². The lowest BCUT2D eigenvalue weighted by molar-refractivity contribution is -0.136. The molecule has 0 heterocycles. The van der Waals surface area contributed by atoms with E-state index in [2.05, 4.69) is 10.6 Å². The first kappa shape index (κ1) is 17.8. The number of halogens is 1. The van der Waals surface area contributed by atoms with Crippen molar-refractivity contribution in [2.24, 2.45) is 0 Å². The Balaban J connectivity index is 1.88. The van der Waals surface area contributed by atoms with E-state index in [0.717, 1.165) is 11.3 Å². The molecule has 6 heteroatoms. The summed E-state index contributed by atoms with van der Waals surface area (Å²) in [5.74, 6) is -0.657. The van der Waals surface area contributed by atoms with Crippen LogP contribution in [-0.2, 0) is 16.0 Å². The van der Waals surface area contributed by atoms with Crippen molar-refractivity contribution < 1.29 is 14.3 Å². The molecule has 2 aromatic carbocycles. The summed E-state index contributed by atoms with van der Waals surface area (Å²) < 4.78 is 5.25. The van der Waals surface area contributed by atoms with Crippen LogP contribution in [0.25, 0.3) is 0 Å². The van der Waals surface area contributed by atoms with Gasteiger partial charge >= 0.3 is 11.8 Å². The Bertz CT molecular complexity index is 747. The van der Waals surface area contributed by atoms with Crippen LogP contribution in [0.4, 0.5) is 5.69 Å². The molecule has 24 heavy (non-hydrogen) atoms. The Morgan fingerprint density at radius 3 is 2.58 bits per heavy atom. The van der Waals surface area contributed by atoms with Gasteiger partial charge in [-0.05, 0) is 42.7 Å². The zero-order valence-corrected chi connectivity index (χ0v) is 14.3. The smallest absolute Gasteiger partial charge is 0.313 e. The lowest BCUT2D eigenvalue weighted by Gasteiger charge is -2.10. The van der Waals surface area contributed by atoms with Crippen molar-refractivity contribution in [3.63, 3.8) is 0 Å². The quantitative estimate of drug-likeness (QED) is 0.818. The fourth-order valence-corrected chi connectivity index (χ4v) is 2.40. The van der Waals surface area contributed by atoms with Crippen LogP contribution in [-0.4, -0.2) is 25.5 Å². The van der Waals surface area contributed by atoms with E-state index in [1.165, 1.54) is 0 Å². The highest BCUT2D eigenvalue weighted by Gasteiger charge is 2.15. The van der Waals surface area contributed by atoms with Crippen LogP contribution in [0.3, 0.4) is 0 Å². The minimum absolute atomic E-state index is 0.334. The molecule has 0 radical (unpaired) electrons. The number of amides is 2. The van der Waals surface area contributed by atoms with Crippen molar-refractivity contribution >= 4 is 29.1 Å². The summed E-state index contributed by atoms with van der Waals surface area (Å²) in [6.45, 7) is 2.11. The first-order chi connectivity index (χ1) is 11.5. The Hall–Kier alpha value is -2.53. The SMILES string of the molecule is COc1ccccc1CCNC(=O)C(=O)Nc1cccc(Cl)c1C. The van der Waals surface area contributed by atoms with Crippen molar-refractivity contribution in [2.75, 3.05) is 19.0 Å². The normalized spacial score (nSPS) is 10.1. The van der Waals surface area contributed by atoms with Crippen molar-refractivity contribution in [1.82, 2.24) is 5.32 Å². The van der Waals surface area contributed by atoms with Crippen LogP contribution in [0.2, 0.25) is 5.02 Å². The summed E-state index contributed by atoms with van der Waals surface area (Å²) in [5, 5.41) is 5.69. The lowest BCUT2D eigenvalue weighted by atomic mass is 10.1. The molecule has 0 aliphatic heterocycles. The average molecular weight is 347 g/mol. The number of ether oxygens (including phenoxy) is 1. The first-order valence-electron chi connectivity index (χ1n) is 7.49. The molecule has 0 fully saturated rings. The fourth-order valence-electron chi connectivity index (χ4n) is 2.22. The fraction of sp³-hybridized carbons (Fsp3) is 0.222. The number of carbonyl (C=O) groups excluding carboxylic acids is 2.